The molecule has 1 saturated heterocycles. The summed E-state index contributed by atoms with van der Waals surface area (Å²) < 4.78 is 12.6. The molecule has 1 aliphatic heterocycles. The maximum absolute atomic E-state index is 12.1. The molecule has 2 aromatic heterocycles. The molecule has 112 valence electrons. The summed E-state index contributed by atoms with van der Waals surface area (Å²) in [7, 11) is 0. The van der Waals surface area contributed by atoms with Gasteiger partial charge in [-0.05, 0) is 25.0 Å². The van der Waals surface area contributed by atoms with E-state index in [1.165, 1.54) is 0 Å². The lowest BCUT2D eigenvalue weighted by Crippen LogP contribution is -2.37. The van der Waals surface area contributed by atoms with E-state index in [4.69, 9.17) is 9.15 Å². The van der Waals surface area contributed by atoms with Crippen molar-refractivity contribution in [3.8, 4) is 0 Å². The molecule has 3 rings (SSSR count). The van der Waals surface area contributed by atoms with Gasteiger partial charge in [-0.1, -0.05) is 0 Å². The first-order valence-corrected chi connectivity index (χ1v) is 7.20. The normalized spacial score (nSPS) is 21.6. The minimum atomic E-state index is -0.112. The number of hydrogen-bond acceptors (Lipinski definition) is 4. The molecule has 0 unspecified atom stereocenters. The summed E-state index contributed by atoms with van der Waals surface area (Å²) in [6, 6.07) is 1.80. The minimum absolute atomic E-state index is 0.00101. The average molecular weight is 289 g/mol. The highest BCUT2D eigenvalue weighted by Crippen LogP contribution is 2.28. The van der Waals surface area contributed by atoms with E-state index < -0.39 is 0 Å². The van der Waals surface area contributed by atoms with Crippen molar-refractivity contribution in [3.05, 3.63) is 42.1 Å². The van der Waals surface area contributed by atoms with Crippen LogP contribution in [0.3, 0.4) is 0 Å². The van der Waals surface area contributed by atoms with Crippen LogP contribution >= 0.6 is 0 Å². The Morgan fingerprint density at radius 2 is 2.48 bits per heavy atom. The van der Waals surface area contributed by atoms with Gasteiger partial charge in [0.2, 0.25) is 5.91 Å². The van der Waals surface area contributed by atoms with Gasteiger partial charge in [-0.25, -0.2) is 0 Å². The highest BCUT2D eigenvalue weighted by Gasteiger charge is 2.31. The van der Waals surface area contributed by atoms with Crippen molar-refractivity contribution < 1.29 is 13.9 Å². The minimum Gasteiger partial charge on any atom is -0.472 e. The van der Waals surface area contributed by atoms with Crippen LogP contribution in [-0.4, -0.2) is 28.3 Å². The molecule has 2 atom stereocenters. The first-order chi connectivity index (χ1) is 10.3. The summed E-state index contributed by atoms with van der Waals surface area (Å²) in [6.07, 6.45) is 7.99. The molecule has 3 heterocycles. The van der Waals surface area contributed by atoms with Gasteiger partial charge in [0, 0.05) is 24.9 Å². The topological polar surface area (TPSA) is 69.3 Å². The number of nitrogens with zero attached hydrogens (tertiary/aromatic N) is 2. The third-order valence-electron chi connectivity index (χ3n) is 3.69. The van der Waals surface area contributed by atoms with Crippen molar-refractivity contribution in [2.75, 3.05) is 6.61 Å². The SMILES string of the molecule is CCn1cc([C@H]2OCC[C@@H]2NC(=O)Cc2ccoc2)cn1. The van der Waals surface area contributed by atoms with Crippen molar-refractivity contribution in [2.45, 2.75) is 38.5 Å². The van der Waals surface area contributed by atoms with Gasteiger partial charge in [-0.2, -0.15) is 5.10 Å². The molecular weight excluding hydrogens is 270 g/mol. The molecule has 0 radical (unpaired) electrons. The maximum Gasteiger partial charge on any atom is 0.224 e. The zero-order valence-electron chi connectivity index (χ0n) is 12.0. The predicted molar refractivity (Wildman–Crippen MR) is 75.6 cm³/mol. The third-order valence-corrected chi connectivity index (χ3v) is 3.69. The Kier molecular flexibility index (Phi) is 4.06. The Morgan fingerprint density at radius 3 is 3.19 bits per heavy atom. The van der Waals surface area contributed by atoms with E-state index in [9.17, 15) is 4.79 Å². The number of hydrogen-bond donors (Lipinski definition) is 1. The molecule has 2 aromatic rings. The second kappa shape index (κ2) is 6.13. The van der Waals surface area contributed by atoms with E-state index in [0.29, 0.717) is 13.0 Å². The lowest BCUT2D eigenvalue weighted by Gasteiger charge is -2.18. The number of amides is 1. The van der Waals surface area contributed by atoms with Crippen molar-refractivity contribution in [3.63, 3.8) is 0 Å². The van der Waals surface area contributed by atoms with Gasteiger partial charge in [0.15, 0.2) is 0 Å². The number of ether oxygens (including phenoxy) is 1. The van der Waals surface area contributed by atoms with Crippen LogP contribution in [0.25, 0.3) is 0 Å². The van der Waals surface area contributed by atoms with E-state index in [0.717, 1.165) is 24.1 Å². The number of furan rings is 1. The molecule has 0 spiro atoms. The van der Waals surface area contributed by atoms with Crippen LogP contribution in [0.2, 0.25) is 0 Å². The molecule has 1 N–H and O–H groups in total. The van der Waals surface area contributed by atoms with Crippen LogP contribution in [-0.2, 0) is 22.5 Å². The summed E-state index contributed by atoms with van der Waals surface area (Å²) in [4.78, 5) is 12.1. The molecule has 0 bridgehead atoms. The zero-order valence-corrected chi connectivity index (χ0v) is 12.0. The summed E-state index contributed by atoms with van der Waals surface area (Å²) in [5.41, 5.74) is 1.89. The van der Waals surface area contributed by atoms with Crippen LogP contribution in [0.15, 0.2) is 35.4 Å². The molecule has 6 heteroatoms. The Hall–Kier alpha value is -2.08. The fourth-order valence-electron chi connectivity index (χ4n) is 2.60. The van der Waals surface area contributed by atoms with E-state index in [2.05, 4.69) is 10.4 Å². The highest BCUT2D eigenvalue weighted by atomic mass is 16.5. The van der Waals surface area contributed by atoms with Crippen LogP contribution in [0, 0.1) is 0 Å². The van der Waals surface area contributed by atoms with Gasteiger partial charge in [0.1, 0.15) is 6.10 Å². The van der Waals surface area contributed by atoms with Gasteiger partial charge in [-0.3, -0.25) is 9.48 Å². The smallest absolute Gasteiger partial charge is 0.224 e. The van der Waals surface area contributed by atoms with Gasteiger partial charge >= 0.3 is 0 Å². The molecule has 0 aliphatic carbocycles. The first-order valence-electron chi connectivity index (χ1n) is 7.20. The van der Waals surface area contributed by atoms with Crippen LogP contribution < -0.4 is 5.32 Å². The number of nitrogens with one attached hydrogen (secondary N) is 1. The summed E-state index contributed by atoms with van der Waals surface area (Å²) >= 11 is 0. The summed E-state index contributed by atoms with van der Waals surface area (Å²) in [5.74, 6) is -0.0141. The first kappa shape index (κ1) is 13.9. The molecule has 6 nitrogen and oxygen atoms in total. The predicted octanol–water partition coefficient (Wildman–Crippen LogP) is 1.68. The number of aromatic nitrogens is 2. The Morgan fingerprint density at radius 1 is 1.57 bits per heavy atom. The van der Waals surface area contributed by atoms with Crippen molar-refractivity contribution >= 4 is 5.91 Å². The Bertz CT molecular complexity index is 591. The molecule has 0 aromatic carbocycles. The molecule has 1 aliphatic rings. The second-order valence-electron chi connectivity index (χ2n) is 5.19. The second-order valence-corrected chi connectivity index (χ2v) is 5.19. The lowest BCUT2D eigenvalue weighted by atomic mass is 10.1. The monoisotopic (exact) mass is 289 g/mol. The van der Waals surface area contributed by atoms with Gasteiger partial charge in [0.25, 0.3) is 0 Å². The van der Waals surface area contributed by atoms with E-state index >= 15 is 0 Å². The summed E-state index contributed by atoms with van der Waals surface area (Å²) in [5, 5.41) is 7.32. The third kappa shape index (κ3) is 3.16. The number of carbonyl (C=O) groups excluding carboxylic acids is 1. The number of rotatable bonds is 5. The summed E-state index contributed by atoms with van der Waals surface area (Å²) in [6.45, 7) is 3.51. The fraction of sp³-hybridized carbons (Fsp3) is 0.467. The fourth-order valence-corrected chi connectivity index (χ4v) is 2.60. The molecular formula is C15H19N3O3. The molecule has 21 heavy (non-hydrogen) atoms. The van der Waals surface area contributed by atoms with E-state index in [-0.39, 0.29) is 18.1 Å². The quantitative estimate of drug-likeness (QED) is 0.909. The Balaban J connectivity index is 1.62. The van der Waals surface area contributed by atoms with E-state index in [1.807, 2.05) is 24.0 Å². The van der Waals surface area contributed by atoms with Gasteiger partial charge in [0.05, 0.1) is 31.2 Å². The van der Waals surface area contributed by atoms with Crippen LogP contribution in [0.5, 0.6) is 0 Å². The largest absolute Gasteiger partial charge is 0.472 e. The molecule has 1 fully saturated rings. The van der Waals surface area contributed by atoms with Crippen molar-refractivity contribution in [1.82, 2.24) is 15.1 Å². The highest BCUT2D eigenvalue weighted by molar-refractivity contribution is 5.78. The van der Waals surface area contributed by atoms with Crippen molar-refractivity contribution in [2.24, 2.45) is 0 Å². The molecule has 0 saturated carbocycles. The van der Waals surface area contributed by atoms with Gasteiger partial charge < -0.3 is 14.5 Å². The van der Waals surface area contributed by atoms with Gasteiger partial charge in [-0.15, -0.1) is 0 Å². The van der Waals surface area contributed by atoms with Crippen LogP contribution in [0.4, 0.5) is 0 Å². The zero-order chi connectivity index (χ0) is 14.7. The maximum atomic E-state index is 12.1. The Labute approximate surface area is 123 Å². The van der Waals surface area contributed by atoms with E-state index in [1.54, 1.807) is 18.6 Å². The molecule has 1 amide bonds. The lowest BCUT2D eigenvalue weighted by molar-refractivity contribution is -0.121. The average Bonchev–Trinajstić information content (AvgIpc) is 3.18. The number of aryl methyl sites for hydroxylation is 1. The van der Waals surface area contributed by atoms with Crippen molar-refractivity contribution in [1.29, 1.82) is 0 Å². The van der Waals surface area contributed by atoms with Crippen LogP contribution in [0.1, 0.15) is 30.6 Å². The standard InChI is InChI=1S/C15H19N3O3/c1-2-18-9-12(8-16-18)15-13(4-6-21-15)17-14(19)7-11-3-5-20-10-11/h3,5,8-10,13,15H,2,4,6-7H2,1H3,(H,17,19)/t13-,15+/m0/s1. The number of carbonyl (C=O) groups is 1.